The number of Topliss-reactive ketones (excluding diaryl/α,β-unsaturated/α-hetero) is 1. The summed E-state index contributed by atoms with van der Waals surface area (Å²) in [5.74, 6) is 0.434. The number of ketones is 1. The molecule has 14 heavy (non-hydrogen) atoms. The van der Waals surface area contributed by atoms with E-state index < -0.39 is 0 Å². The Kier molecular flexibility index (Phi) is 3.71. The van der Waals surface area contributed by atoms with Crippen LogP contribution in [-0.2, 0) is 4.79 Å². The van der Waals surface area contributed by atoms with Crippen molar-refractivity contribution in [1.82, 2.24) is 4.90 Å². The molecule has 1 aliphatic rings. The smallest absolute Gasteiger partial charge is 0.135 e. The minimum atomic E-state index is 0.390. The number of carbonyl (C=O) groups is 1. The van der Waals surface area contributed by atoms with Crippen molar-refractivity contribution in [2.24, 2.45) is 5.41 Å². The predicted octanol–water partition coefficient (Wildman–Crippen LogP) is 2.48. The van der Waals surface area contributed by atoms with Gasteiger partial charge in [-0.05, 0) is 18.8 Å². The molecule has 2 nitrogen and oxygen atoms in total. The molecule has 0 spiro atoms. The van der Waals surface area contributed by atoms with Crippen molar-refractivity contribution in [1.29, 1.82) is 0 Å². The SMILES string of the molecule is CC(CC(C)(C)C)N1CCC(=O)CC1. The average molecular weight is 197 g/mol. The fourth-order valence-electron chi connectivity index (χ4n) is 2.23. The van der Waals surface area contributed by atoms with Crippen LogP contribution in [0.1, 0.15) is 47.0 Å². The minimum Gasteiger partial charge on any atom is -0.300 e. The molecule has 0 saturated carbocycles. The molecule has 1 atom stereocenters. The molecule has 0 N–H and O–H groups in total. The fraction of sp³-hybridized carbons (Fsp3) is 0.917. The number of hydrogen-bond donors (Lipinski definition) is 0. The van der Waals surface area contributed by atoms with Gasteiger partial charge in [-0.25, -0.2) is 0 Å². The second-order valence-corrected chi connectivity index (χ2v) is 5.69. The van der Waals surface area contributed by atoms with Crippen molar-refractivity contribution >= 4 is 5.78 Å². The first-order chi connectivity index (χ1) is 6.38. The Morgan fingerprint density at radius 2 is 1.79 bits per heavy atom. The predicted molar refractivity (Wildman–Crippen MR) is 59.3 cm³/mol. The normalized spacial score (nSPS) is 22.4. The summed E-state index contributed by atoms with van der Waals surface area (Å²) >= 11 is 0. The van der Waals surface area contributed by atoms with Crippen molar-refractivity contribution in [3.05, 3.63) is 0 Å². The van der Waals surface area contributed by atoms with Gasteiger partial charge in [0, 0.05) is 32.0 Å². The summed E-state index contributed by atoms with van der Waals surface area (Å²) in [4.78, 5) is 13.5. The van der Waals surface area contributed by atoms with Crippen molar-refractivity contribution in [2.75, 3.05) is 13.1 Å². The number of nitrogens with zero attached hydrogens (tertiary/aromatic N) is 1. The zero-order valence-electron chi connectivity index (χ0n) is 9.97. The van der Waals surface area contributed by atoms with E-state index >= 15 is 0 Å². The van der Waals surface area contributed by atoms with Crippen LogP contribution in [0, 0.1) is 5.41 Å². The first kappa shape index (κ1) is 11.7. The Morgan fingerprint density at radius 1 is 1.29 bits per heavy atom. The van der Waals surface area contributed by atoms with E-state index in [-0.39, 0.29) is 0 Å². The lowest BCUT2D eigenvalue weighted by molar-refractivity contribution is -0.121. The maximum atomic E-state index is 11.1. The molecule has 0 aromatic carbocycles. The lowest BCUT2D eigenvalue weighted by Gasteiger charge is -2.35. The van der Waals surface area contributed by atoms with Crippen LogP contribution in [0.3, 0.4) is 0 Å². The van der Waals surface area contributed by atoms with Crippen LogP contribution in [-0.4, -0.2) is 29.8 Å². The molecule has 2 heteroatoms. The Labute approximate surface area is 87.7 Å². The van der Waals surface area contributed by atoms with Crippen LogP contribution < -0.4 is 0 Å². The van der Waals surface area contributed by atoms with Gasteiger partial charge >= 0.3 is 0 Å². The van der Waals surface area contributed by atoms with Gasteiger partial charge in [-0.3, -0.25) is 9.69 Å². The van der Waals surface area contributed by atoms with Crippen molar-refractivity contribution < 1.29 is 4.79 Å². The molecule has 0 amide bonds. The molecule has 1 rings (SSSR count). The summed E-state index contributed by atoms with van der Waals surface area (Å²) in [5.41, 5.74) is 0.390. The van der Waals surface area contributed by atoms with E-state index in [0.29, 0.717) is 17.2 Å². The molecule has 0 bridgehead atoms. The number of piperidine rings is 1. The standard InChI is InChI=1S/C12H23NO/c1-10(9-12(2,3)4)13-7-5-11(14)6-8-13/h10H,5-9H2,1-4H3. The van der Waals surface area contributed by atoms with Gasteiger partial charge in [0.15, 0.2) is 0 Å². The van der Waals surface area contributed by atoms with E-state index in [1.165, 1.54) is 6.42 Å². The van der Waals surface area contributed by atoms with Gasteiger partial charge in [0.05, 0.1) is 0 Å². The van der Waals surface area contributed by atoms with Gasteiger partial charge < -0.3 is 0 Å². The van der Waals surface area contributed by atoms with Gasteiger partial charge in [0.2, 0.25) is 0 Å². The Morgan fingerprint density at radius 3 is 2.21 bits per heavy atom. The van der Waals surface area contributed by atoms with Crippen molar-refractivity contribution in [3.8, 4) is 0 Å². The quantitative estimate of drug-likeness (QED) is 0.678. The van der Waals surface area contributed by atoms with E-state index in [2.05, 4.69) is 32.6 Å². The summed E-state index contributed by atoms with van der Waals surface area (Å²) in [6.45, 7) is 11.0. The zero-order chi connectivity index (χ0) is 10.8. The second kappa shape index (κ2) is 4.43. The molecule has 1 fully saturated rings. The highest BCUT2D eigenvalue weighted by molar-refractivity contribution is 5.79. The molecule has 1 aliphatic heterocycles. The number of rotatable bonds is 2. The topological polar surface area (TPSA) is 20.3 Å². The number of carbonyl (C=O) groups excluding carboxylic acids is 1. The molecule has 1 heterocycles. The first-order valence-electron chi connectivity index (χ1n) is 5.64. The van der Waals surface area contributed by atoms with Crippen LogP contribution in [0.5, 0.6) is 0 Å². The summed E-state index contributed by atoms with van der Waals surface area (Å²) in [6.07, 6.45) is 2.73. The fourth-order valence-corrected chi connectivity index (χ4v) is 2.23. The molecule has 1 saturated heterocycles. The van der Waals surface area contributed by atoms with Gasteiger partial charge in [0.1, 0.15) is 5.78 Å². The summed E-state index contributed by atoms with van der Waals surface area (Å²) in [7, 11) is 0. The molecule has 82 valence electrons. The minimum absolute atomic E-state index is 0.390. The van der Waals surface area contributed by atoms with E-state index in [0.717, 1.165) is 25.9 Å². The molecule has 0 radical (unpaired) electrons. The molecule has 1 unspecified atom stereocenters. The van der Waals surface area contributed by atoms with E-state index in [9.17, 15) is 4.79 Å². The lowest BCUT2D eigenvalue weighted by Crippen LogP contribution is -2.41. The monoisotopic (exact) mass is 197 g/mol. The van der Waals surface area contributed by atoms with Crippen LogP contribution >= 0.6 is 0 Å². The third-order valence-corrected chi connectivity index (χ3v) is 2.89. The largest absolute Gasteiger partial charge is 0.300 e. The molecule has 0 aromatic heterocycles. The summed E-state index contributed by atoms with van der Waals surface area (Å²) in [5, 5.41) is 0. The second-order valence-electron chi connectivity index (χ2n) is 5.69. The van der Waals surface area contributed by atoms with Gasteiger partial charge in [-0.2, -0.15) is 0 Å². The lowest BCUT2D eigenvalue weighted by atomic mass is 9.87. The molecular weight excluding hydrogens is 174 g/mol. The third kappa shape index (κ3) is 3.79. The molecular formula is C12H23NO. The van der Waals surface area contributed by atoms with Crippen LogP contribution in [0.25, 0.3) is 0 Å². The average Bonchev–Trinajstić information content (AvgIpc) is 2.02. The highest BCUT2D eigenvalue weighted by atomic mass is 16.1. The van der Waals surface area contributed by atoms with Crippen LogP contribution in [0.2, 0.25) is 0 Å². The maximum Gasteiger partial charge on any atom is 0.135 e. The van der Waals surface area contributed by atoms with Crippen molar-refractivity contribution in [2.45, 2.75) is 53.0 Å². The third-order valence-electron chi connectivity index (χ3n) is 2.89. The van der Waals surface area contributed by atoms with E-state index in [1.54, 1.807) is 0 Å². The van der Waals surface area contributed by atoms with Crippen molar-refractivity contribution in [3.63, 3.8) is 0 Å². The summed E-state index contributed by atoms with van der Waals surface area (Å²) in [6, 6.07) is 0.614. The van der Waals surface area contributed by atoms with Gasteiger partial charge in [0.25, 0.3) is 0 Å². The molecule has 0 aliphatic carbocycles. The summed E-state index contributed by atoms with van der Waals surface area (Å²) < 4.78 is 0. The van der Waals surface area contributed by atoms with Gasteiger partial charge in [-0.1, -0.05) is 20.8 Å². The number of hydrogen-bond acceptors (Lipinski definition) is 2. The zero-order valence-corrected chi connectivity index (χ0v) is 9.97. The first-order valence-corrected chi connectivity index (χ1v) is 5.64. The highest BCUT2D eigenvalue weighted by Crippen LogP contribution is 2.24. The Balaban J connectivity index is 2.38. The highest BCUT2D eigenvalue weighted by Gasteiger charge is 2.24. The Bertz CT molecular complexity index is 195. The maximum absolute atomic E-state index is 11.1. The van der Waals surface area contributed by atoms with E-state index in [4.69, 9.17) is 0 Å². The Hall–Kier alpha value is -0.370. The van der Waals surface area contributed by atoms with Gasteiger partial charge in [-0.15, -0.1) is 0 Å². The van der Waals surface area contributed by atoms with E-state index in [1.807, 2.05) is 0 Å². The number of likely N-dealkylation sites (tertiary alicyclic amines) is 1. The van der Waals surface area contributed by atoms with Crippen LogP contribution in [0.15, 0.2) is 0 Å². The van der Waals surface area contributed by atoms with Crippen LogP contribution in [0.4, 0.5) is 0 Å². The molecule has 0 aromatic rings.